The minimum atomic E-state index is -0.809. The average molecular weight is 290 g/mol. The maximum absolute atomic E-state index is 11.4. The molecule has 1 unspecified atom stereocenters. The summed E-state index contributed by atoms with van der Waals surface area (Å²) >= 11 is 0. The zero-order valence-electron chi connectivity index (χ0n) is 12.0. The monoisotopic (exact) mass is 290 g/mol. The van der Waals surface area contributed by atoms with Crippen molar-refractivity contribution in [2.45, 2.75) is 25.4 Å². The minimum absolute atomic E-state index is 0.118. The highest BCUT2D eigenvalue weighted by atomic mass is 16.2. The van der Waals surface area contributed by atoms with Gasteiger partial charge in [0.25, 0.3) is 0 Å². The fraction of sp³-hybridized carbons (Fsp3) is 0.467. The number of nitrogens with one attached hydrogen (secondary N) is 2. The Morgan fingerprint density at radius 3 is 2.76 bits per heavy atom. The van der Waals surface area contributed by atoms with Crippen LogP contribution in [0.1, 0.15) is 18.4 Å². The van der Waals surface area contributed by atoms with Crippen LogP contribution in [-0.4, -0.2) is 42.5 Å². The zero-order chi connectivity index (χ0) is 15.1. The fourth-order valence-corrected chi connectivity index (χ4v) is 2.63. The van der Waals surface area contributed by atoms with Crippen LogP contribution in [0, 0.1) is 0 Å². The molecular weight excluding hydrogens is 268 g/mol. The van der Waals surface area contributed by atoms with Gasteiger partial charge in [-0.15, -0.1) is 0 Å². The SMILES string of the molecule is NC(=O)NC(=O)CNC1CCCN(Cc2ccccc2)C1. The molecule has 4 N–H and O–H groups in total. The van der Waals surface area contributed by atoms with Gasteiger partial charge >= 0.3 is 6.03 Å². The molecule has 0 spiro atoms. The van der Waals surface area contributed by atoms with Gasteiger partial charge in [0.2, 0.25) is 5.91 Å². The van der Waals surface area contributed by atoms with Crippen LogP contribution in [0.3, 0.4) is 0 Å². The number of carbonyl (C=O) groups is 2. The lowest BCUT2D eigenvalue weighted by molar-refractivity contribution is -0.119. The molecule has 1 aliphatic heterocycles. The van der Waals surface area contributed by atoms with Crippen molar-refractivity contribution in [3.05, 3.63) is 35.9 Å². The number of benzene rings is 1. The van der Waals surface area contributed by atoms with Gasteiger partial charge in [-0.25, -0.2) is 4.79 Å². The Morgan fingerprint density at radius 1 is 1.29 bits per heavy atom. The molecule has 0 radical (unpaired) electrons. The molecule has 1 fully saturated rings. The lowest BCUT2D eigenvalue weighted by Gasteiger charge is -2.33. The molecule has 0 aromatic heterocycles. The number of imide groups is 1. The summed E-state index contributed by atoms with van der Waals surface area (Å²) in [7, 11) is 0. The van der Waals surface area contributed by atoms with Crippen LogP contribution >= 0.6 is 0 Å². The maximum Gasteiger partial charge on any atom is 0.318 e. The molecule has 1 aliphatic rings. The molecule has 1 heterocycles. The van der Waals surface area contributed by atoms with Gasteiger partial charge in [-0.05, 0) is 24.9 Å². The molecular formula is C15H22N4O2. The Labute approximate surface area is 124 Å². The quantitative estimate of drug-likeness (QED) is 0.734. The van der Waals surface area contributed by atoms with E-state index in [9.17, 15) is 9.59 Å². The topological polar surface area (TPSA) is 87.5 Å². The Kier molecular flexibility index (Phi) is 5.71. The van der Waals surface area contributed by atoms with Gasteiger partial charge in [0.1, 0.15) is 0 Å². The largest absolute Gasteiger partial charge is 0.351 e. The first-order chi connectivity index (χ1) is 10.1. The van der Waals surface area contributed by atoms with Gasteiger partial charge in [-0.3, -0.25) is 15.0 Å². The summed E-state index contributed by atoms with van der Waals surface area (Å²) in [6.45, 7) is 3.01. The molecule has 2 rings (SSSR count). The van der Waals surface area contributed by atoms with Crippen molar-refractivity contribution in [3.8, 4) is 0 Å². The van der Waals surface area contributed by atoms with E-state index in [0.717, 1.165) is 32.5 Å². The first kappa shape index (κ1) is 15.5. The molecule has 1 saturated heterocycles. The second kappa shape index (κ2) is 7.75. The van der Waals surface area contributed by atoms with Gasteiger partial charge < -0.3 is 11.1 Å². The minimum Gasteiger partial charge on any atom is -0.351 e. The number of amides is 3. The molecule has 3 amide bonds. The lowest BCUT2D eigenvalue weighted by atomic mass is 10.0. The highest BCUT2D eigenvalue weighted by Gasteiger charge is 2.20. The number of hydrogen-bond donors (Lipinski definition) is 3. The Hall–Kier alpha value is -1.92. The summed E-state index contributed by atoms with van der Waals surface area (Å²) < 4.78 is 0. The second-order valence-corrected chi connectivity index (χ2v) is 5.35. The van der Waals surface area contributed by atoms with Crippen LogP contribution < -0.4 is 16.4 Å². The van der Waals surface area contributed by atoms with Crippen molar-refractivity contribution < 1.29 is 9.59 Å². The van der Waals surface area contributed by atoms with Crippen LogP contribution in [0.25, 0.3) is 0 Å². The van der Waals surface area contributed by atoms with E-state index in [1.54, 1.807) is 0 Å². The molecule has 114 valence electrons. The number of piperidine rings is 1. The fourth-order valence-electron chi connectivity index (χ4n) is 2.63. The van der Waals surface area contributed by atoms with Gasteiger partial charge in [-0.1, -0.05) is 30.3 Å². The first-order valence-corrected chi connectivity index (χ1v) is 7.22. The number of carbonyl (C=O) groups excluding carboxylic acids is 2. The number of primary amides is 1. The third-order valence-electron chi connectivity index (χ3n) is 3.57. The van der Waals surface area contributed by atoms with Crippen LogP contribution in [0.2, 0.25) is 0 Å². The van der Waals surface area contributed by atoms with E-state index < -0.39 is 6.03 Å². The summed E-state index contributed by atoms with van der Waals surface area (Å²) in [4.78, 5) is 24.3. The molecule has 1 aromatic rings. The summed E-state index contributed by atoms with van der Waals surface area (Å²) in [6, 6.07) is 9.81. The van der Waals surface area contributed by atoms with Crippen molar-refractivity contribution in [2.24, 2.45) is 5.73 Å². The van der Waals surface area contributed by atoms with Gasteiger partial charge in [0.15, 0.2) is 0 Å². The standard InChI is InChI=1S/C15H22N4O2/c16-15(21)18-14(20)9-17-13-7-4-8-19(11-13)10-12-5-2-1-3-6-12/h1-3,5-6,13,17H,4,7-11H2,(H3,16,18,20,21). The van der Waals surface area contributed by atoms with Crippen molar-refractivity contribution in [3.63, 3.8) is 0 Å². The summed E-state index contributed by atoms with van der Waals surface area (Å²) in [6.07, 6.45) is 2.14. The van der Waals surface area contributed by atoms with Crippen molar-refractivity contribution in [1.29, 1.82) is 0 Å². The highest BCUT2D eigenvalue weighted by Crippen LogP contribution is 2.13. The maximum atomic E-state index is 11.4. The van der Waals surface area contributed by atoms with Crippen LogP contribution in [0.15, 0.2) is 30.3 Å². The number of likely N-dealkylation sites (tertiary alicyclic amines) is 1. The molecule has 0 saturated carbocycles. The van der Waals surface area contributed by atoms with Gasteiger partial charge in [0.05, 0.1) is 6.54 Å². The normalized spacial score (nSPS) is 19.1. The van der Waals surface area contributed by atoms with Crippen molar-refractivity contribution >= 4 is 11.9 Å². The van der Waals surface area contributed by atoms with E-state index in [4.69, 9.17) is 5.73 Å². The molecule has 6 nitrogen and oxygen atoms in total. The van der Waals surface area contributed by atoms with Gasteiger partial charge in [-0.2, -0.15) is 0 Å². The van der Waals surface area contributed by atoms with Crippen LogP contribution in [-0.2, 0) is 11.3 Å². The number of nitrogens with zero attached hydrogens (tertiary/aromatic N) is 1. The Morgan fingerprint density at radius 2 is 2.05 bits per heavy atom. The predicted molar refractivity (Wildman–Crippen MR) is 80.5 cm³/mol. The number of nitrogens with two attached hydrogens (primary N) is 1. The van der Waals surface area contributed by atoms with E-state index in [0.29, 0.717) is 0 Å². The molecule has 6 heteroatoms. The average Bonchev–Trinajstić information content (AvgIpc) is 2.46. The van der Waals surface area contributed by atoms with Crippen LogP contribution in [0.5, 0.6) is 0 Å². The summed E-state index contributed by atoms with van der Waals surface area (Å²) in [5.74, 6) is -0.386. The lowest BCUT2D eigenvalue weighted by Crippen LogP contribution is -2.49. The smallest absolute Gasteiger partial charge is 0.318 e. The molecule has 1 atom stereocenters. The van der Waals surface area contributed by atoms with E-state index in [1.807, 2.05) is 18.2 Å². The molecule has 1 aromatic carbocycles. The molecule has 21 heavy (non-hydrogen) atoms. The predicted octanol–water partition coefficient (Wildman–Crippen LogP) is 0.436. The van der Waals surface area contributed by atoms with E-state index in [1.165, 1.54) is 5.56 Å². The third kappa shape index (κ3) is 5.53. The number of rotatable bonds is 5. The van der Waals surface area contributed by atoms with E-state index >= 15 is 0 Å². The first-order valence-electron chi connectivity index (χ1n) is 7.22. The van der Waals surface area contributed by atoms with Crippen molar-refractivity contribution in [1.82, 2.24) is 15.5 Å². The third-order valence-corrected chi connectivity index (χ3v) is 3.57. The summed E-state index contributed by atoms with van der Waals surface area (Å²) in [5, 5.41) is 5.24. The number of hydrogen-bond acceptors (Lipinski definition) is 4. The Balaban J connectivity index is 1.75. The second-order valence-electron chi connectivity index (χ2n) is 5.35. The summed E-state index contributed by atoms with van der Waals surface area (Å²) in [5.41, 5.74) is 6.20. The highest BCUT2D eigenvalue weighted by molar-refractivity contribution is 5.94. The van der Waals surface area contributed by atoms with E-state index in [-0.39, 0.29) is 18.5 Å². The zero-order valence-corrected chi connectivity index (χ0v) is 12.0. The van der Waals surface area contributed by atoms with E-state index in [2.05, 4.69) is 27.7 Å². The Bertz CT molecular complexity index is 478. The van der Waals surface area contributed by atoms with Crippen molar-refractivity contribution in [2.75, 3.05) is 19.6 Å². The molecule has 0 bridgehead atoms. The van der Waals surface area contributed by atoms with Crippen LogP contribution in [0.4, 0.5) is 4.79 Å². The molecule has 0 aliphatic carbocycles. The number of urea groups is 1. The van der Waals surface area contributed by atoms with Gasteiger partial charge in [0, 0.05) is 19.1 Å².